The molecule has 33 heavy (non-hydrogen) atoms. The van der Waals surface area contributed by atoms with Crippen molar-refractivity contribution < 1.29 is 9.53 Å². The number of rotatable bonds is 7. The molecule has 0 fully saturated rings. The van der Waals surface area contributed by atoms with Gasteiger partial charge in [0.05, 0.1) is 18.6 Å². The second-order valence-electron chi connectivity index (χ2n) is 7.52. The lowest BCUT2D eigenvalue weighted by Crippen LogP contribution is -2.15. The van der Waals surface area contributed by atoms with Crippen LogP contribution in [0, 0.1) is 13.8 Å². The Morgan fingerprint density at radius 1 is 1.00 bits per heavy atom. The van der Waals surface area contributed by atoms with E-state index < -0.39 is 0 Å². The highest BCUT2D eigenvalue weighted by molar-refractivity contribution is 7.99. The zero-order valence-corrected chi connectivity index (χ0v) is 20.1. The maximum Gasteiger partial charge on any atom is 0.234 e. The number of carbonyl (C=O) groups is 1. The summed E-state index contributed by atoms with van der Waals surface area (Å²) in [6.45, 7) is 4.00. The maximum atomic E-state index is 12.7. The largest absolute Gasteiger partial charge is 0.495 e. The van der Waals surface area contributed by atoms with E-state index in [9.17, 15) is 4.79 Å². The summed E-state index contributed by atoms with van der Waals surface area (Å²) in [5.41, 5.74) is 4.63. The zero-order chi connectivity index (χ0) is 23.4. The van der Waals surface area contributed by atoms with Crippen LogP contribution in [0.2, 0.25) is 5.02 Å². The number of amides is 1. The Bertz CT molecular complexity index is 1270. The number of anilines is 1. The molecule has 0 radical (unpaired) electrons. The molecule has 1 aromatic heterocycles. The summed E-state index contributed by atoms with van der Waals surface area (Å²) in [7, 11) is 1.58. The van der Waals surface area contributed by atoms with Crippen molar-refractivity contribution in [1.29, 1.82) is 0 Å². The molecule has 0 unspecified atom stereocenters. The van der Waals surface area contributed by atoms with Crippen molar-refractivity contribution in [3.05, 3.63) is 82.9 Å². The molecule has 3 aromatic carbocycles. The molecule has 6 nitrogen and oxygen atoms in total. The smallest absolute Gasteiger partial charge is 0.234 e. The first kappa shape index (κ1) is 22.9. The van der Waals surface area contributed by atoms with Gasteiger partial charge in [0.15, 0.2) is 11.0 Å². The molecule has 0 atom stereocenters. The molecule has 0 saturated carbocycles. The first-order valence-electron chi connectivity index (χ1n) is 10.3. The van der Waals surface area contributed by atoms with E-state index in [1.54, 1.807) is 7.11 Å². The fourth-order valence-electron chi connectivity index (χ4n) is 3.31. The van der Waals surface area contributed by atoms with Crippen LogP contribution in [0.1, 0.15) is 11.1 Å². The Hall–Kier alpha value is -3.29. The predicted molar refractivity (Wildman–Crippen MR) is 134 cm³/mol. The standard InChI is InChI=1S/C25H23ClN4O2S/c1-16-4-7-18(8-5-16)24-28-29-25(30(24)20-11-9-19(26)10-12-20)33-15-23(31)27-21-14-17(2)6-13-22(21)32-3/h4-14H,15H2,1-3H3,(H,27,31). The van der Waals surface area contributed by atoms with Crippen LogP contribution < -0.4 is 10.1 Å². The van der Waals surface area contributed by atoms with Gasteiger partial charge in [-0.1, -0.05) is 59.3 Å². The topological polar surface area (TPSA) is 69.0 Å². The number of aryl methyl sites for hydroxylation is 2. The van der Waals surface area contributed by atoms with Crippen LogP contribution in [0.25, 0.3) is 17.1 Å². The number of ether oxygens (including phenoxy) is 1. The van der Waals surface area contributed by atoms with Gasteiger partial charge in [-0.05, 0) is 55.8 Å². The van der Waals surface area contributed by atoms with E-state index in [1.807, 2.05) is 85.1 Å². The van der Waals surface area contributed by atoms with Gasteiger partial charge in [0, 0.05) is 16.3 Å². The molecule has 0 aliphatic rings. The van der Waals surface area contributed by atoms with E-state index >= 15 is 0 Å². The molecule has 1 heterocycles. The number of aromatic nitrogens is 3. The summed E-state index contributed by atoms with van der Waals surface area (Å²) >= 11 is 7.41. The van der Waals surface area contributed by atoms with Crippen LogP contribution in [0.4, 0.5) is 5.69 Å². The molecule has 0 spiro atoms. The summed E-state index contributed by atoms with van der Waals surface area (Å²) in [6.07, 6.45) is 0. The number of hydrogen-bond donors (Lipinski definition) is 1. The van der Waals surface area contributed by atoms with Crippen molar-refractivity contribution in [1.82, 2.24) is 14.8 Å². The molecule has 4 rings (SSSR count). The quantitative estimate of drug-likeness (QED) is 0.333. The minimum absolute atomic E-state index is 0.161. The Morgan fingerprint density at radius 3 is 2.39 bits per heavy atom. The molecule has 0 aliphatic carbocycles. The monoisotopic (exact) mass is 478 g/mol. The van der Waals surface area contributed by atoms with Gasteiger partial charge < -0.3 is 10.1 Å². The summed E-state index contributed by atoms with van der Waals surface area (Å²) in [6, 6.07) is 21.2. The molecule has 0 aliphatic heterocycles. The summed E-state index contributed by atoms with van der Waals surface area (Å²) < 4.78 is 7.29. The first-order valence-corrected chi connectivity index (χ1v) is 11.7. The number of halogens is 1. The zero-order valence-electron chi connectivity index (χ0n) is 18.5. The van der Waals surface area contributed by atoms with Gasteiger partial charge >= 0.3 is 0 Å². The Morgan fingerprint density at radius 2 is 1.70 bits per heavy atom. The van der Waals surface area contributed by atoms with E-state index in [4.69, 9.17) is 16.3 Å². The maximum absolute atomic E-state index is 12.7. The number of nitrogens with one attached hydrogen (secondary N) is 1. The predicted octanol–water partition coefficient (Wildman–Crippen LogP) is 5.94. The Balaban J connectivity index is 1.60. The summed E-state index contributed by atoms with van der Waals surface area (Å²) in [4.78, 5) is 12.7. The third-order valence-electron chi connectivity index (χ3n) is 4.99. The van der Waals surface area contributed by atoms with Gasteiger partial charge in [-0.2, -0.15) is 0 Å². The molecule has 168 valence electrons. The molecular weight excluding hydrogens is 456 g/mol. The average molecular weight is 479 g/mol. The lowest BCUT2D eigenvalue weighted by molar-refractivity contribution is -0.113. The minimum Gasteiger partial charge on any atom is -0.495 e. The van der Waals surface area contributed by atoms with Crippen molar-refractivity contribution >= 4 is 35.0 Å². The number of benzene rings is 3. The lowest BCUT2D eigenvalue weighted by atomic mass is 10.1. The van der Waals surface area contributed by atoms with Crippen molar-refractivity contribution in [2.45, 2.75) is 19.0 Å². The number of methoxy groups -OCH3 is 1. The third-order valence-corrected chi connectivity index (χ3v) is 6.17. The minimum atomic E-state index is -0.161. The van der Waals surface area contributed by atoms with E-state index in [-0.39, 0.29) is 11.7 Å². The Labute approximate surface area is 202 Å². The van der Waals surface area contributed by atoms with Crippen molar-refractivity contribution in [2.24, 2.45) is 0 Å². The molecular formula is C25H23ClN4O2S. The third kappa shape index (κ3) is 5.38. The van der Waals surface area contributed by atoms with Crippen LogP contribution >= 0.6 is 23.4 Å². The van der Waals surface area contributed by atoms with Gasteiger partial charge in [0.25, 0.3) is 0 Å². The van der Waals surface area contributed by atoms with Gasteiger partial charge in [-0.25, -0.2) is 0 Å². The van der Waals surface area contributed by atoms with Crippen LogP contribution in [0.5, 0.6) is 5.75 Å². The van der Waals surface area contributed by atoms with Gasteiger partial charge in [-0.15, -0.1) is 10.2 Å². The highest BCUT2D eigenvalue weighted by atomic mass is 35.5. The normalized spacial score (nSPS) is 10.8. The van der Waals surface area contributed by atoms with Crippen LogP contribution in [0.3, 0.4) is 0 Å². The van der Waals surface area contributed by atoms with Gasteiger partial charge in [-0.3, -0.25) is 9.36 Å². The fourth-order valence-corrected chi connectivity index (χ4v) is 4.19. The lowest BCUT2D eigenvalue weighted by Gasteiger charge is -2.12. The molecule has 4 aromatic rings. The molecule has 0 bridgehead atoms. The first-order chi connectivity index (χ1) is 15.9. The molecule has 8 heteroatoms. The van der Waals surface area contributed by atoms with Crippen molar-refractivity contribution in [3.63, 3.8) is 0 Å². The van der Waals surface area contributed by atoms with Crippen LogP contribution in [0.15, 0.2) is 71.9 Å². The summed E-state index contributed by atoms with van der Waals surface area (Å²) in [5.74, 6) is 1.31. The molecule has 0 saturated heterocycles. The Kier molecular flexibility index (Phi) is 7.01. The van der Waals surface area contributed by atoms with Crippen molar-refractivity contribution in [3.8, 4) is 22.8 Å². The molecule has 1 amide bonds. The second-order valence-corrected chi connectivity index (χ2v) is 8.90. The SMILES string of the molecule is COc1ccc(C)cc1NC(=O)CSc1nnc(-c2ccc(C)cc2)n1-c1ccc(Cl)cc1. The summed E-state index contributed by atoms with van der Waals surface area (Å²) in [5, 5.41) is 13.0. The number of nitrogens with zero attached hydrogens (tertiary/aromatic N) is 3. The van der Waals surface area contributed by atoms with Crippen molar-refractivity contribution in [2.75, 3.05) is 18.2 Å². The second kappa shape index (κ2) is 10.1. The number of carbonyl (C=O) groups excluding carboxylic acids is 1. The van der Waals surface area contributed by atoms with E-state index in [0.717, 1.165) is 22.4 Å². The highest BCUT2D eigenvalue weighted by Crippen LogP contribution is 2.30. The van der Waals surface area contributed by atoms with E-state index in [0.29, 0.717) is 27.4 Å². The van der Waals surface area contributed by atoms with Crippen LogP contribution in [-0.4, -0.2) is 33.5 Å². The van der Waals surface area contributed by atoms with Gasteiger partial charge in [0.1, 0.15) is 5.75 Å². The van der Waals surface area contributed by atoms with Crippen LogP contribution in [-0.2, 0) is 4.79 Å². The van der Waals surface area contributed by atoms with E-state index in [1.165, 1.54) is 11.8 Å². The average Bonchev–Trinajstić information content (AvgIpc) is 3.23. The molecule has 1 N–H and O–H groups in total. The van der Waals surface area contributed by atoms with E-state index in [2.05, 4.69) is 15.5 Å². The number of thioether (sulfide) groups is 1. The van der Waals surface area contributed by atoms with Gasteiger partial charge in [0.2, 0.25) is 5.91 Å². The fraction of sp³-hybridized carbons (Fsp3) is 0.160. The highest BCUT2D eigenvalue weighted by Gasteiger charge is 2.18. The number of hydrogen-bond acceptors (Lipinski definition) is 5.